The van der Waals surface area contributed by atoms with Gasteiger partial charge in [-0.1, -0.05) is 48.0 Å². The second-order valence-electron chi connectivity index (χ2n) is 8.97. The minimum atomic E-state index is -3.69. The third-order valence-electron chi connectivity index (χ3n) is 6.17. The predicted octanol–water partition coefficient (Wildman–Crippen LogP) is 3.81. The van der Waals surface area contributed by atoms with Gasteiger partial charge < -0.3 is 4.74 Å². The highest BCUT2D eigenvalue weighted by atomic mass is 35.5. The normalized spacial score (nSPS) is 14.4. The summed E-state index contributed by atoms with van der Waals surface area (Å²) in [5, 5.41) is 11.9. The molecule has 13 heteroatoms. The number of hydrogen-bond acceptors (Lipinski definition) is 9. The van der Waals surface area contributed by atoms with Crippen LogP contribution in [0.25, 0.3) is 0 Å². The molecule has 4 rings (SSSR count). The number of carbonyl (C=O) groups is 4. The number of hydrogen-bond donors (Lipinski definition) is 0. The predicted molar refractivity (Wildman–Crippen MR) is 143 cm³/mol. The van der Waals surface area contributed by atoms with Crippen LogP contribution in [0.3, 0.4) is 0 Å². The van der Waals surface area contributed by atoms with E-state index < -0.39 is 73.9 Å². The summed E-state index contributed by atoms with van der Waals surface area (Å²) in [4.78, 5) is 64.7. The van der Waals surface area contributed by atoms with E-state index in [0.717, 1.165) is 12.3 Å². The molecule has 1 heterocycles. The van der Waals surface area contributed by atoms with Gasteiger partial charge in [0.15, 0.2) is 6.10 Å². The van der Waals surface area contributed by atoms with Crippen LogP contribution in [0.5, 0.6) is 0 Å². The van der Waals surface area contributed by atoms with E-state index in [4.69, 9.17) is 16.3 Å². The van der Waals surface area contributed by atoms with Gasteiger partial charge >= 0.3 is 5.97 Å². The van der Waals surface area contributed by atoms with Crippen LogP contribution >= 0.6 is 11.6 Å². The smallest absolute Gasteiger partial charge is 0.330 e. The van der Waals surface area contributed by atoms with E-state index in [0.29, 0.717) is 9.92 Å². The molecule has 0 aromatic heterocycles. The molecule has 1 aliphatic heterocycles. The van der Waals surface area contributed by atoms with Gasteiger partial charge in [0.1, 0.15) is 21.4 Å². The fourth-order valence-corrected chi connectivity index (χ4v) is 5.04. The largest absolute Gasteiger partial charge is 0.447 e. The molecular formula is C27H21ClN2O9S. The van der Waals surface area contributed by atoms with Crippen molar-refractivity contribution >= 4 is 50.7 Å². The van der Waals surface area contributed by atoms with Crippen molar-refractivity contribution in [3.05, 3.63) is 110 Å². The number of sulfone groups is 1. The minimum absolute atomic E-state index is 0.148. The first kappa shape index (κ1) is 28.6. The Labute approximate surface area is 233 Å². The zero-order chi connectivity index (χ0) is 29.2. The number of esters is 1. The minimum Gasteiger partial charge on any atom is -0.447 e. The van der Waals surface area contributed by atoms with Gasteiger partial charge in [0.25, 0.3) is 17.5 Å². The van der Waals surface area contributed by atoms with Gasteiger partial charge in [0.2, 0.25) is 5.78 Å². The Bertz CT molecular complexity index is 1620. The highest BCUT2D eigenvalue weighted by Gasteiger charge is 2.47. The summed E-state index contributed by atoms with van der Waals surface area (Å²) < 4.78 is 29.5. The van der Waals surface area contributed by atoms with Crippen molar-refractivity contribution in [3.8, 4) is 0 Å². The van der Waals surface area contributed by atoms with Crippen LogP contribution in [0, 0.1) is 10.1 Å². The molecule has 0 unspecified atom stereocenters. The Morgan fingerprint density at radius 3 is 2.23 bits per heavy atom. The van der Waals surface area contributed by atoms with Crippen LogP contribution in [0.15, 0.2) is 72.8 Å². The van der Waals surface area contributed by atoms with Gasteiger partial charge in [-0.25, -0.2) is 13.2 Å². The van der Waals surface area contributed by atoms with Crippen molar-refractivity contribution in [3.63, 3.8) is 0 Å². The molecular weight excluding hydrogens is 564 g/mol. The number of Topliss-reactive ketones (excluding diaryl/α,β-unsaturated/α-hetero) is 1. The molecule has 206 valence electrons. The second-order valence-corrected chi connectivity index (χ2v) is 11.7. The number of benzene rings is 3. The van der Waals surface area contributed by atoms with E-state index in [1.165, 1.54) is 48.5 Å². The third kappa shape index (κ3) is 5.92. The van der Waals surface area contributed by atoms with E-state index >= 15 is 0 Å². The van der Waals surface area contributed by atoms with Gasteiger partial charge in [0, 0.05) is 28.5 Å². The average Bonchev–Trinajstić information content (AvgIpc) is 3.17. The number of imide groups is 1. The summed E-state index contributed by atoms with van der Waals surface area (Å²) in [7, 11) is -3.69. The Balaban J connectivity index is 1.74. The van der Waals surface area contributed by atoms with Gasteiger partial charge in [0.05, 0.1) is 16.2 Å². The van der Waals surface area contributed by atoms with Gasteiger partial charge in [-0.15, -0.1) is 0 Å². The molecule has 3 aromatic rings. The lowest BCUT2D eigenvalue weighted by Crippen LogP contribution is -2.47. The molecule has 11 nitrogen and oxygen atoms in total. The number of ether oxygens (including phenoxy) is 1. The highest BCUT2D eigenvalue weighted by molar-refractivity contribution is 7.90. The van der Waals surface area contributed by atoms with Crippen LogP contribution in [0.1, 0.15) is 49.2 Å². The number of fused-ring (bicyclic) bond motifs is 1. The van der Waals surface area contributed by atoms with Crippen molar-refractivity contribution in [2.24, 2.45) is 0 Å². The first-order chi connectivity index (χ1) is 18.9. The molecule has 2 atom stereocenters. The molecule has 0 bridgehead atoms. The molecule has 0 saturated carbocycles. The standard InChI is InChI=1S/C27H21ClN2O9S/c1-40(37,38)15-14-21(29-25(32)19-8-5-9-20(30(35)36)22(19)26(29)33)27(34)39-24(17-6-3-2-4-7-17)23(31)16-10-12-18(28)13-11-16/h2-13,21,24H,14-15H2,1H3/t21-,24-/m0/s1. The number of halogens is 1. The van der Waals surface area contributed by atoms with Gasteiger partial charge in [-0.3, -0.25) is 29.4 Å². The van der Waals surface area contributed by atoms with E-state index in [1.54, 1.807) is 18.2 Å². The molecule has 3 aromatic carbocycles. The Hall–Kier alpha value is -4.42. The van der Waals surface area contributed by atoms with Crippen LogP contribution in [-0.4, -0.2) is 59.9 Å². The van der Waals surface area contributed by atoms with Gasteiger partial charge in [-0.05, 0) is 36.8 Å². The molecule has 40 heavy (non-hydrogen) atoms. The van der Waals surface area contributed by atoms with Gasteiger partial charge in [-0.2, -0.15) is 0 Å². The SMILES string of the molecule is CS(=O)(=O)CC[C@@H](C(=O)O[C@H](C(=O)c1ccc(Cl)cc1)c1ccccc1)N1C(=O)c2cccc([N+](=O)[O-])c2C1=O. The molecule has 0 radical (unpaired) electrons. The first-order valence-electron chi connectivity index (χ1n) is 11.8. The second kappa shape index (κ2) is 11.4. The zero-order valence-corrected chi connectivity index (χ0v) is 22.4. The summed E-state index contributed by atoms with van der Waals surface area (Å²) in [5.74, 6) is -4.68. The fraction of sp³-hybridized carbons (Fsp3) is 0.185. The summed E-state index contributed by atoms with van der Waals surface area (Å²) in [6, 6.07) is 15.4. The Morgan fingerprint density at radius 2 is 1.62 bits per heavy atom. The topological polar surface area (TPSA) is 158 Å². The number of rotatable bonds is 10. The lowest BCUT2D eigenvalue weighted by molar-refractivity contribution is -0.385. The number of ketones is 1. The summed E-state index contributed by atoms with van der Waals surface area (Å²) >= 11 is 5.92. The molecule has 1 aliphatic rings. The maximum atomic E-state index is 13.6. The summed E-state index contributed by atoms with van der Waals surface area (Å²) in [6.45, 7) is 0. The number of carbonyl (C=O) groups excluding carboxylic acids is 4. The molecule has 0 saturated heterocycles. The van der Waals surface area contributed by atoms with E-state index in [-0.39, 0.29) is 16.7 Å². The molecule has 0 aliphatic carbocycles. The van der Waals surface area contributed by atoms with Crippen molar-refractivity contribution in [2.75, 3.05) is 12.0 Å². The molecule has 0 fully saturated rings. The maximum Gasteiger partial charge on any atom is 0.330 e. The van der Waals surface area contributed by atoms with E-state index in [1.807, 2.05) is 0 Å². The Morgan fingerprint density at radius 1 is 0.975 bits per heavy atom. The maximum absolute atomic E-state index is 13.6. The number of nitro benzene ring substituents is 1. The first-order valence-corrected chi connectivity index (χ1v) is 14.2. The van der Waals surface area contributed by atoms with E-state index in [2.05, 4.69) is 0 Å². The number of nitrogens with zero attached hydrogens (tertiary/aromatic N) is 2. The number of amides is 2. The molecule has 0 spiro atoms. The van der Waals surface area contributed by atoms with Crippen LogP contribution in [0.4, 0.5) is 5.69 Å². The number of nitro groups is 1. The van der Waals surface area contributed by atoms with Crippen LogP contribution in [0.2, 0.25) is 5.02 Å². The lowest BCUT2D eigenvalue weighted by atomic mass is 9.99. The van der Waals surface area contributed by atoms with Crippen molar-refractivity contribution in [1.29, 1.82) is 0 Å². The summed E-state index contributed by atoms with van der Waals surface area (Å²) in [6.07, 6.45) is -1.19. The average molecular weight is 585 g/mol. The lowest BCUT2D eigenvalue weighted by Gasteiger charge is -2.26. The van der Waals surface area contributed by atoms with Crippen LogP contribution in [-0.2, 0) is 19.4 Å². The van der Waals surface area contributed by atoms with Crippen molar-refractivity contribution in [1.82, 2.24) is 4.90 Å². The molecule has 2 amide bonds. The summed E-state index contributed by atoms with van der Waals surface area (Å²) in [5.41, 5.74) is -1.06. The Kier molecular flexibility index (Phi) is 8.12. The van der Waals surface area contributed by atoms with Crippen LogP contribution < -0.4 is 0 Å². The fourth-order valence-electron chi connectivity index (χ4n) is 4.26. The zero-order valence-electron chi connectivity index (χ0n) is 20.9. The van der Waals surface area contributed by atoms with Crippen molar-refractivity contribution < 1.29 is 37.3 Å². The van der Waals surface area contributed by atoms with E-state index in [9.17, 15) is 37.7 Å². The van der Waals surface area contributed by atoms with Crippen molar-refractivity contribution in [2.45, 2.75) is 18.6 Å². The monoisotopic (exact) mass is 584 g/mol. The molecule has 0 N–H and O–H groups in total. The quantitative estimate of drug-likeness (QED) is 0.113. The third-order valence-corrected chi connectivity index (χ3v) is 7.40. The highest BCUT2D eigenvalue weighted by Crippen LogP contribution is 2.34.